The summed E-state index contributed by atoms with van der Waals surface area (Å²) in [5.41, 5.74) is 1.17. The molecule has 128 valence electrons. The van der Waals surface area contributed by atoms with Crippen molar-refractivity contribution in [3.05, 3.63) is 48.5 Å². The lowest BCUT2D eigenvalue weighted by Crippen LogP contribution is -2.47. The second kappa shape index (κ2) is 7.29. The Hall–Kier alpha value is -2.63. The van der Waals surface area contributed by atoms with Crippen LogP contribution >= 0.6 is 0 Å². The summed E-state index contributed by atoms with van der Waals surface area (Å²) < 4.78 is 1.86. The third kappa shape index (κ3) is 4.68. The number of imidazole rings is 1. The van der Waals surface area contributed by atoms with E-state index in [9.17, 15) is 9.59 Å². The summed E-state index contributed by atoms with van der Waals surface area (Å²) >= 11 is 0. The summed E-state index contributed by atoms with van der Waals surface area (Å²) in [7, 11) is 0. The molecule has 0 aliphatic heterocycles. The average molecular weight is 328 g/mol. The van der Waals surface area contributed by atoms with Crippen LogP contribution in [0.25, 0.3) is 5.69 Å². The Kier molecular flexibility index (Phi) is 5.39. The van der Waals surface area contributed by atoms with Crippen LogP contribution in [0.2, 0.25) is 0 Å². The molecule has 0 saturated carbocycles. The summed E-state index contributed by atoms with van der Waals surface area (Å²) in [5.74, 6) is -0.313. The van der Waals surface area contributed by atoms with Crippen molar-refractivity contribution in [2.75, 3.05) is 13.1 Å². The molecule has 2 rings (SSSR count). The fourth-order valence-electron chi connectivity index (χ4n) is 2.33. The number of benzene rings is 1. The van der Waals surface area contributed by atoms with Gasteiger partial charge in [-0.3, -0.25) is 9.59 Å². The largest absolute Gasteiger partial charge is 0.350 e. The number of amides is 2. The Morgan fingerprint density at radius 1 is 1.21 bits per heavy atom. The first-order valence-corrected chi connectivity index (χ1v) is 7.99. The Labute approximate surface area is 142 Å². The van der Waals surface area contributed by atoms with Crippen molar-refractivity contribution in [2.24, 2.45) is 0 Å². The van der Waals surface area contributed by atoms with Crippen LogP contribution in [0.4, 0.5) is 0 Å². The summed E-state index contributed by atoms with van der Waals surface area (Å²) in [5, 5.41) is 2.87. The third-order valence-corrected chi connectivity index (χ3v) is 3.43. The molecule has 0 atom stereocenters. The number of carbonyl (C=O) groups is 2. The van der Waals surface area contributed by atoms with E-state index >= 15 is 0 Å². The maximum absolute atomic E-state index is 12.6. The Balaban J connectivity index is 2.06. The van der Waals surface area contributed by atoms with Crippen LogP contribution in [-0.4, -0.2) is 44.9 Å². The number of carbonyl (C=O) groups excluding carboxylic acids is 2. The van der Waals surface area contributed by atoms with Crippen molar-refractivity contribution < 1.29 is 9.59 Å². The minimum atomic E-state index is -0.314. The van der Waals surface area contributed by atoms with Crippen molar-refractivity contribution in [1.82, 2.24) is 19.8 Å². The van der Waals surface area contributed by atoms with Gasteiger partial charge < -0.3 is 14.8 Å². The quantitative estimate of drug-likeness (QED) is 0.915. The number of hydrogen-bond acceptors (Lipinski definition) is 3. The Morgan fingerprint density at radius 2 is 1.88 bits per heavy atom. The number of nitrogens with zero attached hydrogens (tertiary/aromatic N) is 3. The highest BCUT2D eigenvalue weighted by atomic mass is 16.2. The van der Waals surface area contributed by atoms with Crippen molar-refractivity contribution in [3.8, 4) is 5.69 Å². The topological polar surface area (TPSA) is 67.2 Å². The molecule has 1 aromatic heterocycles. The van der Waals surface area contributed by atoms with E-state index < -0.39 is 0 Å². The molecule has 2 amide bonds. The zero-order chi connectivity index (χ0) is 17.7. The fourth-order valence-corrected chi connectivity index (χ4v) is 2.33. The predicted octanol–water partition coefficient (Wildman–Crippen LogP) is 2.25. The highest BCUT2D eigenvalue weighted by molar-refractivity contribution is 5.96. The maximum atomic E-state index is 12.6. The first-order chi connectivity index (χ1) is 11.3. The molecule has 0 saturated heterocycles. The normalized spacial score (nSPS) is 11.2. The molecule has 1 N–H and O–H groups in total. The molecule has 0 radical (unpaired) electrons. The maximum Gasteiger partial charge on any atom is 0.254 e. The van der Waals surface area contributed by atoms with E-state index in [-0.39, 0.29) is 23.9 Å². The SMILES string of the molecule is CCN(CC(=O)NC(C)(C)C)C(=O)c1ccc(-n2ccnc2)cc1. The van der Waals surface area contributed by atoms with Crippen molar-refractivity contribution >= 4 is 11.8 Å². The zero-order valence-corrected chi connectivity index (χ0v) is 14.6. The van der Waals surface area contributed by atoms with E-state index in [0.29, 0.717) is 12.1 Å². The second-order valence-corrected chi connectivity index (χ2v) is 6.63. The molecule has 6 nitrogen and oxygen atoms in total. The first-order valence-electron chi connectivity index (χ1n) is 7.99. The monoisotopic (exact) mass is 328 g/mol. The Bertz CT molecular complexity index is 685. The lowest BCUT2D eigenvalue weighted by Gasteiger charge is -2.25. The van der Waals surface area contributed by atoms with Crippen LogP contribution in [0.3, 0.4) is 0 Å². The predicted molar refractivity (Wildman–Crippen MR) is 93.0 cm³/mol. The molecule has 0 fully saturated rings. The lowest BCUT2D eigenvalue weighted by molar-refractivity contribution is -0.123. The van der Waals surface area contributed by atoms with E-state index in [0.717, 1.165) is 5.69 Å². The van der Waals surface area contributed by atoms with E-state index in [4.69, 9.17) is 0 Å². The van der Waals surface area contributed by atoms with Crippen LogP contribution in [0.15, 0.2) is 43.0 Å². The number of likely N-dealkylation sites (N-methyl/N-ethyl adjacent to an activating group) is 1. The third-order valence-electron chi connectivity index (χ3n) is 3.43. The van der Waals surface area contributed by atoms with Crippen LogP contribution in [0.5, 0.6) is 0 Å². The summed E-state index contributed by atoms with van der Waals surface area (Å²) in [4.78, 5) is 30.2. The van der Waals surface area contributed by atoms with Crippen LogP contribution in [-0.2, 0) is 4.79 Å². The summed E-state index contributed by atoms with van der Waals surface area (Å²) in [6, 6.07) is 7.25. The minimum absolute atomic E-state index is 0.0515. The van der Waals surface area contributed by atoms with E-state index in [2.05, 4.69) is 10.3 Å². The van der Waals surface area contributed by atoms with Gasteiger partial charge in [0.05, 0.1) is 12.9 Å². The van der Waals surface area contributed by atoms with Crippen LogP contribution in [0, 0.1) is 0 Å². The lowest BCUT2D eigenvalue weighted by atomic mass is 10.1. The average Bonchev–Trinajstić information content (AvgIpc) is 3.05. The molecule has 24 heavy (non-hydrogen) atoms. The first kappa shape index (κ1) is 17.7. The van der Waals surface area contributed by atoms with Gasteiger partial charge in [0.1, 0.15) is 0 Å². The molecule has 2 aromatic rings. The van der Waals surface area contributed by atoms with Crippen molar-refractivity contribution in [2.45, 2.75) is 33.2 Å². The highest BCUT2D eigenvalue weighted by Crippen LogP contribution is 2.11. The van der Waals surface area contributed by atoms with Crippen LogP contribution in [0.1, 0.15) is 38.1 Å². The van der Waals surface area contributed by atoms with Gasteiger partial charge in [0.15, 0.2) is 0 Å². The van der Waals surface area contributed by atoms with Gasteiger partial charge in [0.2, 0.25) is 5.91 Å². The standard InChI is InChI=1S/C18H24N4O2/c1-5-21(12-16(23)20-18(2,3)4)17(24)14-6-8-15(9-7-14)22-11-10-19-13-22/h6-11,13H,5,12H2,1-4H3,(H,20,23). The Morgan fingerprint density at radius 3 is 2.38 bits per heavy atom. The molecule has 1 heterocycles. The minimum Gasteiger partial charge on any atom is -0.350 e. The highest BCUT2D eigenvalue weighted by Gasteiger charge is 2.20. The molecule has 0 unspecified atom stereocenters. The summed E-state index contributed by atoms with van der Waals surface area (Å²) in [6.07, 6.45) is 5.24. The van der Waals surface area contributed by atoms with Gasteiger partial charge in [0.25, 0.3) is 5.91 Å². The molecule has 0 bridgehead atoms. The summed E-state index contributed by atoms with van der Waals surface area (Å²) in [6.45, 7) is 8.13. The van der Waals surface area contributed by atoms with Crippen molar-refractivity contribution in [1.29, 1.82) is 0 Å². The molecule has 0 aliphatic rings. The number of hydrogen-bond donors (Lipinski definition) is 1. The van der Waals surface area contributed by atoms with Gasteiger partial charge in [-0.05, 0) is 52.0 Å². The second-order valence-electron chi connectivity index (χ2n) is 6.63. The van der Waals surface area contributed by atoms with Gasteiger partial charge in [-0.25, -0.2) is 4.98 Å². The molecule has 0 spiro atoms. The molecule has 0 aliphatic carbocycles. The zero-order valence-electron chi connectivity index (χ0n) is 14.6. The van der Waals surface area contributed by atoms with Crippen molar-refractivity contribution in [3.63, 3.8) is 0 Å². The van der Waals surface area contributed by atoms with Gasteiger partial charge in [-0.15, -0.1) is 0 Å². The van der Waals surface area contributed by atoms with Gasteiger partial charge in [-0.1, -0.05) is 0 Å². The fraction of sp³-hybridized carbons (Fsp3) is 0.389. The van der Waals surface area contributed by atoms with E-state index in [1.54, 1.807) is 24.7 Å². The molecule has 6 heteroatoms. The van der Waals surface area contributed by atoms with Gasteiger partial charge in [-0.2, -0.15) is 0 Å². The van der Waals surface area contributed by atoms with E-state index in [1.807, 2.05) is 50.6 Å². The number of rotatable bonds is 5. The number of nitrogens with one attached hydrogen (secondary N) is 1. The molecular formula is C18H24N4O2. The smallest absolute Gasteiger partial charge is 0.254 e. The van der Waals surface area contributed by atoms with Gasteiger partial charge in [0, 0.05) is 35.7 Å². The molecule has 1 aromatic carbocycles. The molecular weight excluding hydrogens is 304 g/mol. The van der Waals surface area contributed by atoms with E-state index in [1.165, 1.54) is 4.90 Å². The van der Waals surface area contributed by atoms with Gasteiger partial charge >= 0.3 is 0 Å². The van der Waals surface area contributed by atoms with Crippen LogP contribution < -0.4 is 5.32 Å². The number of aromatic nitrogens is 2.